The van der Waals surface area contributed by atoms with Crippen LogP contribution in [0.5, 0.6) is 0 Å². The van der Waals surface area contributed by atoms with Crippen molar-refractivity contribution in [2.45, 2.75) is 52.2 Å². The first-order valence-corrected chi connectivity index (χ1v) is 8.51. The Morgan fingerprint density at radius 2 is 1.96 bits per heavy atom. The Bertz CT molecular complexity index is 934. The Hall–Kier alpha value is -2.67. The Kier molecular flexibility index (Phi) is 4.36. The zero-order chi connectivity index (χ0) is 19.1. The average Bonchev–Trinajstić information content (AvgIpc) is 3.12. The van der Waals surface area contributed by atoms with Crippen LogP contribution in [0, 0.1) is 6.92 Å². The molecule has 7 nitrogen and oxygen atoms in total. The number of aryl methyl sites for hydroxylation is 1. The van der Waals surface area contributed by atoms with Gasteiger partial charge < -0.3 is 9.52 Å². The van der Waals surface area contributed by atoms with Crippen LogP contribution >= 0.6 is 0 Å². The molecule has 1 atom stereocenters. The van der Waals surface area contributed by atoms with Crippen molar-refractivity contribution < 1.29 is 14.3 Å². The molecule has 3 heterocycles. The fourth-order valence-electron chi connectivity index (χ4n) is 2.92. The predicted octanol–water partition coefficient (Wildman–Crippen LogP) is 3.32. The maximum atomic E-state index is 12.6. The maximum Gasteiger partial charge on any atom is 0.230 e. The average molecular weight is 356 g/mol. The number of carbonyl (C=O) groups excluding carboxylic acids is 1. The van der Waals surface area contributed by atoms with Crippen molar-refractivity contribution in [2.75, 3.05) is 5.32 Å². The number of furan rings is 1. The standard InChI is InChI=1S/C19H24N4O3/c1-12-8-9-13-16(20-12)23(18(2,3)4)17(21-13)22-15(24)11-19(5,25)14-7-6-10-26-14/h6-10,25H,11H2,1-5H3,(H,21,22,24)/t19-/m0/s1. The van der Waals surface area contributed by atoms with E-state index >= 15 is 0 Å². The van der Waals surface area contributed by atoms with Gasteiger partial charge in [-0.2, -0.15) is 0 Å². The lowest BCUT2D eigenvalue weighted by Gasteiger charge is -2.25. The molecule has 7 heteroatoms. The fourth-order valence-corrected chi connectivity index (χ4v) is 2.92. The predicted molar refractivity (Wildman–Crippen MR) is 98.8 cm³/mol. The quantitative estimate of drug-likeness (QED) is 0.748. The molecular formula is C19H24N4O3. The molecule has 3 rings (SSSR count). The molecule has 0 spiro atoms. The summed E-state index contributed by atoms with van der Waals surface area (Å²) in [6, 6.07) is 7.09. The Morgan fingerprint density at radius 1 is 1.23 bits per heavy atom. The molecule has 0 bridgehead atoms. The molecule has 0 aromatic carbocycles. The van der Waals surface area contributed by atoms with Gasteiger partial charge in [0, 0.05) is 11.2 Å². The van der Waals surface area contributed by atoms with E-state index < -0.39 is 5.60 Å². The molecule has 0 radical (unpaired) electrons. The summed E-state index contributed by atoms with van der Waals surface area (Å²) >= 11 is 0. The topological polar surface area (TPSA) is 93.2 Å². The number of amides is 1. The molecule has 0 saturated heterocycles. The maximum absolute atomic E-state index is 12.6. The smallest absolute Gasteiger partial charge is 0.230 e. The van der Waals surface area contributed by atoms with Crippen molar-refractivity contribution in [1.82, 2.24) is 14.5 Å². The summed E-state index contributed by atoms with van der Waals surface area (Å²) < 4.78 is 7.13. The molecule has 0 aliphatic rings. The van der Waals surface area contributed by atoms with Gasteiger partial charge in [0.1, 0.15) is 16.9 Å². The van der Waals surface area contributed by atoms with Crippen LogP contribution in [0.3, 0.4) is 0 Å². The molecule has 3 aromatic heterocycles. The van der Waals surface area contributed by atoms with E-state index in [9.17, 15) is 9.90 Å². The Morgan fingerprint density at radius 3 is 2.58 bits per heavy atom. The minimum Gasteiger partial charge on any atom is -0.466 e. The van der Waals surface area contributed by atoms with Gasteiger partial charge in [0.25, 0.3) is 0 Å². The van der Waals surface area contributed by atoms with Crippen LogP contribution in [0.2, 0.25) is 0 Å². The van der Waals surface area contributed by atoms with E-state index in [-0.39, 0.29) is 17.9 Å². The summed E-state index contributed by atoms with van der Waals surface area (Å²) in [7, 11) is 0. The van der Waals surface area contributed by atoms with Crippen molar-refractivity contribution >= 4 is 23.0 Å². The Labute approximate surface area is 152 Å². The van der Waals surface area contributed by atoms with Crippen LogP contribution < -0.4 is 5.32 Å². The molecule has 0 aliphatic carbocycles. The van der Waals surface area contributed by atoms with Gasteiger partial charge in [0.15, 0.2) is 5.65 Å². The van der Waals surface area contributed by atoms with Gasteiger partial charge in [-0.1, -0.05) is 0 Å². The van der Waals surface area contributed by atoms with Crippen molar-refractivity contribution in [1.29, 1.82) is 0 Å². The molecule has 26 heavy (non-hydrogen) atoms. The van der Waals surface area contributed by atoms with Crippen LogP contribution in [0.4, 0.5) is 5.95 Å². The molecular weight excluding hydrogens is 332 g/mol. The number of rotatable bonds is 4. The molecule has 0 aliphatic heterocycles. The lowest BCUT2D eigenvalue weighted by Crippen LogP contribution is -2.30. The second-order valence-electron chi connectivity index (χ2n) is 7.71. The minimum atomic E-state index is -1.40. The van der Waals surface area contributed by atoms with E-state index in [1.54, 1.807) is 19.1 Å². The number of nitrogens with one attached hydrogen (secondary N) is 1. The second kappa shape index (κ2) is 6.25. The number of aromatic nitrogens is 3. The third-order valence-corrected chi connectivity index (χ3v) is 4.12. The number of nitrogens with zero attached hydrogens (tertiary/aromatic N) is 3. The number of anilines is 1. The summed E-state index contributed by atoms with van der Waals surface area (Å²) in [4.78, 5) is 21.6. The van der Waals surface area contributed by atoms with Gasteiger partial charge in [-0.25, -0.2) is 9.97 Å². The number of aliphatic hydroxyl groups is 1. The highest BCUT2D eigenvalue weighted by Crippen LogP contribution is 2.29. The third kappa shape index (κ3) is 3.48. The van der Waals surface area contributed by atoms with Crippen molar-refractivity contribution in [2.24, 2.45) is 0 Å². The molecule has 1 amide bonds. The number of carbonyl (C=O) groups is 1. The van der Waals surface area contributed by atoms with Crippen molar-refractivity contribution in [3.8, 4) is 0 Å². The highest BCUT2D eigenvalue weighted by molar-refractivity contribution is 5.91. The monoisotopic (exact) mass is 356 g/mol. The number of hydrogen-bond donors (Lipinski definition) is 2. The molecule has 138 valence electrons. The summed E-state index contributed by atoms with van der Waals surface area (Å²) in [5, 5.41) is 13.3. The van der Waals surface area contributed by atoms with Gasteiger partial charge in [-0.3, -0.25) is 14.7 Å². The number of imidazole rings is 1. The van der Waals surface area contributed by atoms with Crippen LogP contribution in [0.15, 0.2) is 34.9 Å². The van der Waals surface area contributed by atoms with Gasteiger partial charge in [0.2, 0.25) is 11.9 Å². The minimum absolute atomic E-state index is 0.152. The number of fused-ring (bicyclic) bond motifs is 1. The largest absolute Gasteiger partial charge is 0.466 e. The van der Waals surface area contributed by atoms with Crippen LogP contribution in [0.25, 0.3) is 11.2 Å². The molecule has 0 saturated carbocycles. The first-order valence-electron chi connectivity index (χ1n) is 8.51. The summed E-state index contributed by atoms with van der Waals surface area (Å²) in [6.45, 7) is 9.52. The Balaban J connectivity index is 1.92. The third-order valence-electron chi connectivity index (χ3n) is 4.12. The summed E-state index contributed by atoms with van der Waals surface area (Å²) in [5.41, 5.74) is 0.564. The second-order valence-corrected chi connectivity index (χ2v) is 7.71. The molecule has 3 aromatic rings. The normalized spacial score (nSPS) is 14.4. The lowest BCUT2D eigenvalue weighted by molar-refractivity contribution is -0.121. The zero-order valence-corrected chi connectivity index (χ0v) is 15.7. The van der Waals surface area contributed by atoms with E-state index in [1.165, 1.54) is 6.26 Å². The summed E-state index contributed by atoms with van der Waals surface area (Å²) in [6.07, 6.45) is 1.31. The first-order chi connectivity index (χ1) is 12.1. The molecule has 0 unspecified atom stereocenters. The lowest BCUT2D eigenvalue weighted by atomic mass is 9.99. The van der Waals surface area contributed by atoms with Crippen LogP contribution in [-0.4, -0.2) is 25.5 Å². The first kappa shape index (κ1) is 18.1. The highest BCUT2D eigenvalue weighted by atomic mass is 16.4. The van der Waals surface area contributed by atoms with E-state index in [2.05, 4.69) is 15.3 Å². The van der Waals surface area contributed by atoms with Gasteiger partial charge in [-0.05, 0) is 58.9 Å². The highest BCUT2D eigenvalue weighted by Gasteiger charge is 2.31. The molecule has 2 N–H and O–H groups in total. The number of hydrogen-bond acceptors (Lipinski definition) is 5. The summed E-state index contributed by atoms with van der Waals surface area (Å²) in [5.74, 6) is 0.393. The van der Waals surface area contributed by atoms with Crippen LogP contribution in [0.1, 0.15) is 45.6 Å². The zero-order valence-electron chi connectivity index (χ0n) is 15.7. The van der Waals surface area contributed by atoms with Gasteiger partial charge >= 0.3 is 0 Å². The van der Waals surface area contributed by atoms with E-state index in [0.717, 1.165) is 5.69 Å². The SMILES string of the molecule is Cc1ccc2nc(NC(=O)C[C@](C)(O)c3ccco3)n(C(C)(C)C)c2n1. The number of pyridine rings is 1. The van der Waals surface area contributed by atoms with E-state index in [4.69, 9.17) is 4.42 Å². The fraction of sp³-hybridized carbons (Fsp3) is 0.421. The van der Waals surface area contributed by atoms with Crippen LogP contribution in [-0.2, 0) is 15.9 Å². The van der Waals surface area contributed by atoms with E-state index in [1.807, 2.05) is 44.4 Å². The van der Waals surface area contributed by atoms with Crippen molar-refractivity contribution in [3.63, 3.8) is 0 Å². The van der Waals surface area contributed by atoms with E-state index in [0.29, 0.717) is 22.9 Å². The van der Waals surface area contributed by atoms with Gasteiger partial charge in [-0.15, -0.1) is 0 Å². The van der Waals surface area contributed by atoms with Gasteiger partial charge in [0.05, 0.1) is 12.7 Å². The molecule has 0 fully saturated rings. The van der Waals surface area contributed by atoms with Crippen molar-refractivity contribution in [3.05, 3.63) is 42.0 Å².